The molecule has 0 heterocycles. The first-order valence-electron chi connectivity index (χ1n) is 9.37. The van der Waals surface area contributed by atoms with E-state index in [2.05, 4.69) is 10.6 Å². The molecule has 0 aromatic heterocycles. The largest absolute Gasteiger partial charge is 0.493 e. The van der Waals surface area contributed by atoms with Crippen molar-refractivity contribution in [3.8, 4) is 5.75 Å². The lowest BCUT2D eigenvalue weighted by Crippen LogP contribution is -2.47. The van der Waals surface area contributed by atoms with Crippen molar-refractivity contribution in [1.82, 2.24) is 10.6 Å². The van der Waals surface area contributed by atoms with E-state index >= 15 is 0 Å². The summed E-state index contributed by atoms with van der Waals surface area (Å²) < 4.78 is 79.5. The molecule has 0 saturated heterocycles. The number of amides is 2. The van der Waals surface area contributed by atoms with Crippen LogP contribution in [0.4, 0.5) is 26.3 Å². The van der Waals surface area contributed by atoms with E-state index in [9.17, 15) is 35.9 Å². The number of benzene rings is 2. The summed E-state index contributed by atoms with van der Waals surface area (Å²) in [5.74, 6) is -1.06. The maximum Gasteiger partial charge on any atom is 0.416 e. The molecule has 174 valence electrons. The van der Waals surface area contributed by atoms with Crippen LogP contribution in [-0.4, -0.2) is 37.7 Å². The van der Waals surface area contributed by atoms with E-state index in [-0.39, 0.29) is 17.7 Å². The lowest BCUT2D eigenvalue weighted by molar-refractivity contribution is -0.139. The van der Waals surface area contributed by atoms with Crippen molar-refractivity contribution in [3.63, 3.8) is 0 Å². The molecule has 1 unspecified atom stereocenters. The van der Waals surface area contributed by atoms with E-state index in [1.54, 1.807) is 0 Å². The second kappa shape index (κ2) is 10.4. The Labute approximate surface area is 179 Å². The molecule has 0 aliphatic carbocycles. The molecular formula is C21H20F6N2O3. The molecular weight excluding hydrogens is 442 g/mol. The Kier molecular flexibility index (Phi) is 8.12. The van der Waals surface area contributed by atoms with Gasteiger partial charge in [0, 0.05) is 19.0 Å². The molecule has 2 N–H and O–H groups in total. The Morgan fingerprint density at radius 1 is 0.938 bits per heavy atom. The molecule has 32 heavy (non-hydrogen) atoms. The molecule has 2 rings (SSSR count). The molecule has 2 aromatic rings. The van der Waals surface area contributed by atoms with Gasteiger partial charge in [-0.3, -0.25) is 9.59 Å². The van der Waals surface area contributed by atoms with Crippen LogP contribution >= 0.6 is 0 Å². The van der Waals surface area contributed by atoms with Gasteiger partial charge < -0.3 is 15.4 Å². The number of rotatable bonds is 8. The average Bonchev–Trinajstić information content (AvgIpc) is 2.72. The summed E-state index contributed by atoms with van der Waals surface area (Å²) >= 11 is 0. The zero-order valence-corrected chi connectivity index (χ0v) is 16.8. The van der Waals surface area contributed by atoms with E-state index < -0.39 is 48.8 Å². The second-order valence-electron chi connectivity index (χ2n) is 6.78. The average molecular weight is 462 g/mol. The van der Waals surface area contributed by atoms with Gasteiger partial charge in [0.25, 0.3) is 5.91 Å². The van der Waals surface area contributed by atoms with Gasteiger partial charge in [-0.05, 0) is 42.0 Å². The van der Waals surface area contributed by atoms with E-state index in [0.717, 1.165) is 24.3 Å². The van der Waals surface area contributed by atoms with Crippen molar-refractivity contribution in [2.24, 2.45) is 0 Å². The first-order chi connectivity index (χ1) is 14.9. The third kappa shape index (κ3) is 7.78. The highest BCUT2D eigenvalue weighted by molar-refractivity contribution is 5.97. The van der Waals surface area contributed by atoms with Gasteiger partial charge in [0.05, 0.1) is 18.6 Å². The Hall–Kier alpha value is -3.24. The lowest BCUT2D eigenvalue weighted by Gasteiger charge is -2.18. The molecule has 5 nitrogen and oxygen atoms in total. The number of halogens is 6. The number of likely N-dealkylation sites (N-methyl/N-ethyl adjacent to an activating group) is 1. The molecule has 0 saturated carbocycles. The van der Waals surface area contributed by atoms with Gasteiger partial charge in [-0.2, -0.15) is 26.3 Å². The van der Waals surface area contributed by atoms with E-state index in [1.807, 2.05) is 0 Å². The fourth-order valence-corrected chi connectivity index (χ4v) is 2.68. The summed E-state index contributed by atoms with van der Waals surface area (Å²) in [5, 5.41) is 4.86. The third-order valence-electron chi connectivity index (χ3n) is 4.36. The van der Waals surface area contributed by atoms with Crippen LogP contribution in [0.3, 0.4) is 0 Å². The van der Waals surface area contributed by atoms with Crippen molar-refractivity contribution in [1.29, 1.82) is 0 Å². The van der Waals surface area contributed by atoms with Gasteiger partial charge in [0.2, 0.25) is 5.91 Å². The summed E-state index contributed by atoms with van der Waals surface area (Å²) in [5.41, 5.74) is -0.385. The number of carbonyl (C=O) groups excluding carboxylic acids is 2. The van der Waals surface area contributed by atoms with E-state index in [1.165, 1.54) is 31.3 Å². The predicted octanol–water partition coefficient (Wildman–Crippen LogP) is 4.12. The molecule has 0 aliphatic heterocycles. The monoisotopic (exact) mass is 462 g/mol. The number of carbonyl (C=O) groups is 2. The molecule has 1 atom stereocenters. The minimum Gasteiger partial charge on any atom is -0.493 e. The van der Waals surface area contributed by atoms with Crippen LogP contribution in [0.1, 0.15) is 27.9 Å². The second-order valence-corrected chi connectivity index (χ2v) is 6.78. The van der Waals surface area contributed by atoms with E-state index in [0.29, 0.717) is 5.56 Å². The van der Waals surface area contributed by atoms with Crippen molar-refractivity contribution >= 4 is 11.8 Å². The zero-order valence-electron chi connectivity index (χ0n) is 16.8. The molecule has 0 bridgehead atoms. The maximum atomic E-state index is 12.7. The normalized spacial score (nSPS) is 12.7. The highest BCUT2D eigenvalue weighted by Gasteiger charge is 2.30. The molecule has 0 spiro atoms. The fourth-order valence-electron chi connectivity index (χ4n) is 2.68. The first kappa shape index (κ1) is 25.0. The smallest absolute Gasteiger partial charge is 0.416 e. The summed E-state index contributed by atoms with van der Waals surface area (Å²) in [6.07, 6.45) is -9.92. The number of alkyl halides is 6. The highest BCUT2D eigenvalue weighted by Crippen LogP contribution is 2.29. The minimum absolute atomic E-state index is 0.0366. The lowest BCUT2D eigenvalue weighted by atomic mass is 10.0. The van der Waals surface area contributed by atoms with Crippen molar-refractivity contribution in [3.05, 3.63) is 65.2 Å². The van der Waals surface area contributed by atoms with Gasteiger partial charge in [0.15, 0.2) is 0 Å². The number of nitrogens with one attached hydrogen (secondary N) is 2. The van der Waals surface area contributed by atoms with Gasteiger partial charge in [-0.15, -0.1) is 0 Å². The molecule has 0 radical (unpaired) electrons. The van der Waals surface area contributed by atoms with Crippen molar-refractivity contribution < 1.29 is 40.7 Å². The van der Waals surface area contributed by atoms with Crippen LogP contribution in [0.15, 0.2) is 48.5 Å². The van der Waals surface area contributed by atoms with Crippen LogP contribution < -0.4 is 15.4 Å². The first-order valence-corrected chi connectivity index (χ1v) is 9.37. The van der Waals surface area contributed by atoms with Crippen LogP contribution in [0, 0.1) is 0 Å². The maximum absolute atomic E-state index is 12.7. The Balaban J connectivity index is 2.02. The Morgan fingerprint density at radius 2 is 1.53 bits per heavy atom. The number of hydrogen-bond donors (Lipinski definition) is 2. The molecule has 11 heteroatoms. The Bertz CT molecular complexity index is 909. The summed E-state index contributed by atoms with van der Waals surface area (Å²) in [7, 11) is 1.36. The van der Waals surface area contributed by atoms with E-state index in [4.69, 9.17) is 4.74 Å². The van der Waals surface area contributed by atoms with Gasteiger partial charge in [-0.25, -0.2) is 0 Å². The van der Waals surface area contributed by atoms with Gasteiger partial charge >= 0.3 is 12.4 Å². The molecule has 0 fully saturated rings. The topological polar surface area (TPSA) is 67.4 Å². The quantitative estimate of drug-likeness (QED) is 0.580. The SMILES string of the molecule is CNC(=O)C(Cc1ccc(OCCC(F)(F)F)cc1)NC(=O)c1ccc(C(F)(F)F)cc1. The summed E-state index contributed by atoms with van der Waals surface area (Å²) in [4.78, 5) is 24.6. The van der Waals surface area contributed by atoms with Gasteiger partial charge in [0.1, 0.15) is 11.8 Å². The predicted molar refractivity (Wildman–Crippen MR) is 103 cm³/mol. The fraction of sp³-hybridized carbons (Fsp3) is 0.333. The summed E-state index contributed by atoms with van der Waals surface area (Å²) in [6, 6.07) is 8.44. The van der Waals surface area contributed by atoms with Crippen LogP contribution in [0.25, 0.3) is 0 Å². The molecule has 2 aromatic carbocycles. The molecule has 0 aliphatic rings. The number of hydrogen-bond acceptors (Lipinski definition) is 3. The van der Waals surface area contributed by atoms with Crippen LogP contribution in [-0.2, 0) is 17.4 Å². The standard InChI is InChI=1S/C21H20F6N2O3/c1-28-19(31)17(29-18(30)14-4-6-15(7-5-14)21(25,26)27)12-13-2-8-16(9-3-13)32-11-10-20(22,23)24/h2-9,17H,10-12H2,1H3,(H,28,31)(H,29,30). The van der Waals surface area contributed by atoms with Crippen LogP contribution in [0.5, 0.6) is 5.75 Å². The minimum atomic E-state index is -4.54. The van der Waals surface area contributed by atoms with Crippen molar-refractivity contribution in [2.45, 2.75) is 31.2 Å². The van der Waals surface area contributed by atoms with Crippen molar-refractivity contribution in [2.75, 3.05) is 13.7 Å². The van der Waals surface area contributed by atoms with Gasteiger partial charge in [-0.1, -0.05) is 12.1 Å². The molecule has 2 amide bonds. The Morgan fingerprint density at radius 3 is 2.03 bits per heavy atom. The zero-order chi connectivity index (χ0) is 23.9. The van der Waals surface area contributed by atoms with Crippen LogP contribution in [0.2, 0.25) is 0 Å². The number of ether oxygens (including phenoxy) is 1. The highest BCUT2D eigenvalue weighted by atomic mass is 19.4. The third-order valence-corrected chi connectivity index (χ3v) is 4.36. The summed E-state index contributed by atoms with van der Waals surface area (Å²) in [6.45, 7) is -0.535.